The highest BCUT2D eigenvalue weighted by Gasteiger charge is 2.28. The van der Waals surface area contributed by atoms with E-state index < -0.39 is 0 Å². The van der Waals surface area contributed by atoms with Gasteiger partial charge in [0.2, 0.25) is 5.91 Å². The highest BCUT2D eigenvalue weighted by molar-refractivity contribution is 6.13. The average molecular weight is 369 g/mol. The molecule has 138 valence electrons. The normalized spacial score (nSPS) is 16.7. The number of benzene rings is 2. The molecule has 0 radical (unpaired) electrons. The number of nitrogens with zero attached hydrogens (tertiary/aromatic N) is 3. The first-order valence-corrected chi connectivity index (χ1v) is 9.47. The number of para-hydroxylation sites is 1. The predicted molar refractivity (Wildman–Crippen MR) is 110 cm³/mol. The van der Waals surface area contributed by atoms with Crippen LogP contribution in [0.3, 0.4) is 0 Å². The van der Waals surface area contributed by atoms with Crippen molar-refractivity contribution in [3.8, 4) is 6.07 Å². The fourth-order valence-electron chi connectivity index (χ4n) is 4.09. The lowest BCUT2D eigenvalue weighted by Crippen LogP contribution is -2.38. The number of aromatic amines is 1. The van der Waals surface area contributed by atoms with Gasteiger partial charge in [-0.2, -0.15) is 5.26 Å². The topological polar surface area (TPSA) is 84.8 Å². The maximum atomic E-state index is 12.6. The number of anilines is 1. The molecule has 3 heterocycles. The van der Waals surface area contributed by atoms with E-state index in [2.05, 4.69) is 28.5 Å². The predicted octanol–water partition coefficient (Wildman–Crippen LogP) is 3.80. The summed E-state index contributed by atoms with van der Waals surface area (Å²) in [7, 11) is 0. The van der Waals surface area contributed by atoms with Crippen LogP contribution < -0.4 is 5.32 Å². The van der Waals surface area contributed by atoms with Crippen LogP contribution >= 0.6 is 0 Å². The second-order valence-corrected chi connectivity index (χ2v) is 7.17. The largest absolute Gasteiger partial charge is 0.376 e. The van der Waals surface area contributed by atoms with E-state index in [4.69, 9.17) is 4.98 Å². The number of H-pyrrole nitrogens is 1. The molecule has 0 bridgehead atoms. The first kappa shape index (κ1) is 16.6. The standard InChI is InChI=1S/C22H19N5O/c23-12-15-5-3-9-27(15)21(28)13-25-19-11-20-17(22-16(19)7-8-24-22)10-14-4-1-2-6-18(14)26-20/h1-2,4,6-8,10-11,15,24-25H,3,5,9,13H2. The van der Waals surface area contributed by atoms with Gasteiger partial charge in [-0.05, 0) is 37.1 Å². The van der Waals surface area contributed by atoms with Crippen LogP contribution in [-0.2, 0) is 4.79 Å². The third-order valence-corrected chi connectivity index (χ3v) is 5.49. The van der Waals surface area contributed by atoms with Gasteiger partial charge in [0.15, 0.2) is 0 Å². The first-order chi connectivity index (χ1) is 13.7. The maximum absolute atomic E-state index is 12.6. The first-order valence-electron chi connectivity index (χ1n) is 9.47. The molecule has 6 heteroatoms. The number of amides is 1. The van der Waals surface area contributed by atoms with Crippen LogP contribution in [0.25, 0.3) is 32.7 Å². The van der Waals surface area contributed by atoms with Gasteiger partial charge in [0, 0.05) is 34.6 Å². The van der Waals surface area contributed by atoms with Gasteiger partial charge in [-0.25, -0.2) is 4.98 Å². The number of pyridine rings is 1. The zero-order valence-corrected chi connectivity index (χ0v) is 15.3. The molecule has 1 unspecified atom stereocenters. The number of rotatable bonds is 3. The Bertz CT molecular complexity index is 1250. The van der Waals surface area contributed by atoms with E-state index in [0.29, 0.717) is 6.54 Å². The Balaban J connectivity index is 1.52. The lowest BCUT2D eigenvalue weighted by molar-refractivity contribution is -0.129. The molecule has 6 nitrogen and oxygen atoms in total. The van der Waals surface area contributed by atoms with Crippen LogP contribution in [0, 0.1) is 11.3 Å². The van der Waals surface area contributed by atoms with E-state index in [1.54, 1.807) is 4.90 Å². The number of fused-ring (bicyclic) bond motifs is 4. The second kappa shape index (κ2) is 6.54. The van der Waals surface area contributed by atoms with E-state index >= 15 is 0 Å². The minimum absolute atomic E-state index is 0.0423. The summed E-state index contributed by atoms with van der Waals surface area (Å²) in [5.41, 5.74) is 3.69. The molecule has 1 aliphatic rings. The molecule has 1 fully saturated rings. The number of hydrogen-bond acceptors (Lipinski definition) is 4. The Labute approximate surface area is 161 Å². The molecule has 2 aromatic heterocycles. The molecule has 4 aromatic rings. The zero-order chi connectivity index (χ0) is 19.1. The van der Waals surface area contributed by atoms with Crippen molar-refractivity contribution in [2.45, 2.75) is 18.9 Å². The molecular formula is C22H19N5O. The monoisotopic (exact) mass is 369 g/mol. The molecule has 2 N–H and O–H groups in total. The summed E-state index contributed by atoms with van der Waals surface area (Å²) in [6.07, 6.45) is 3.55. The quantitative estimate of drug-likeness (QED) is 0.538. The number of nitriles is 1. The van der Waals surface area contributed by atoms with Gasteiger partial charge >= 0.3 is 0 Å². The summed E-state index contributed by atoms with van der Waals surface area (Å²) < 4.78 is 0. The summed E-state index contributed by atoms with van der Waals surface area (Å²) in [5, 5.41) is 15.7. The van der Waals surface area contributed by atoms with Gasteiger partial charge in [-0.15, -0.1) is 0 Å². The van der Waals surface area contributed by atoms with Crippen molar-refractivity contribution in [1.29, 1.82) is 5.26 Å². The van der Waals surface area contributed by atoms with Gasteiger partial charge in [0.25, 0.3) is 0 Å². The minimum Gasteiger partial charge on any atom is -0.376 e. The smallest absolute Gasteiger partial charge is 0.242 e. The van der Waals surface area contributed by atoms with E-state index in [0.717, 1.165) is 51.2 Å². The van der Waals surface area contributed by atoms with Gasteiger partial charge in [-0.1, -0.05) is 18.2 Å². The highest BCUT2D eigenvalue weighted by Crippen LogP contribution is 2.32. The number of carbonyl (C=O) groups is 1. The number of aromatic nitrogens is 2. The maximum Gasteiger partial charge on any atom is 0.242 e. The molecule has 1 saturated heterocycles. The zero-order valence-electron chi connectivity index (χ0n) is 15.3. The summed E-state index contributed by atoms with van der Waals surface area (Å²) in [5.74, 6) is -0.0423. The molecule has 1 amide bonds. The summed E-state index contributed by atoms with van der Waals surface area (Å²) >= 11 is 0. The lowest BCUT2D eigenvalue weighted by atomic mass is 10.1. The van der Waals surface area contributed by atoms with Crippen molar-refractivity contribution in [1.82, 2.24) is 14.9 Å². The van der Waals surface area contributed by atoms with Crippen LogP contribution in [-0.4, -0.2) is 39.9 Å². The molecule has 1 atom stereocenters. The van der Waals surface area contributed by atoms with Gasteiger partial charge < -0.3 is 15.2 Å². The van der Waals surface area contributed by atoms with Crippen LogP contribution in [0.1, 0.15) is 12.8 Å². The third kappa shape index (κ3) is 2.64. The molecule has 0 saturated carbocycles. The van der Waals surface area contributed by atoms with Crippen molar-refractivity contribution in [2.24, 2.45) is 0 Å². The van der Waals surface area contributed by atoms with Crippen molar-refractivity contribution in [3.05, 3.63) is 48.7 Å². The van der Waals surface area contributed by atoms with Crippen molar-refractivity contribution >= 4 is 44.3 Å². The highest BCUT2D eigenvalue weighted by atomic mass is 16.2. The van der Waals surface area contributed by atoms with Crippen molar-refractivity contribution < 1.29 is 4.79 Å². The summed E-state index contributed by atoms with van der Waals surface area (Å²) in [4.78, 5) is 22.4. The van der Waals surface area contributed by atoms with Gasteiger partial charge in [0.1, 0.15) is 6.04 Å². The molecule has 1 aliphatic heterocycles. The molecule has 0 spiro atoms. The Kier molecular flexibility index (Phi) is 3.87. The van der Waals surface area contributed by atoms with E-state index in [1.807, 2.05) is 36.5 Å². The van der Waals surface area contributed by atoms with Crippen LogP contribution in [0.4, 0.5) is 5.69 Å². The number of likely N-dealkylation sites (tertiary alicyclic amines) is 1. The summed E-state index contributed by atoms with van der Waals surface area (Å²) in [6, 6.07) is 16.1. The minimum atomic E-state index is -0.300. The summed E-state index contributed by atoms with van der Waals surface area (Å²) in [6.45, 7) is 0.821. The lowest BCUT2D eigenvalue weighted by Gasteiger charge is -2.20. The van der Waals surface area contributed by atoms with Crippen LogP contribution in [0.2, 0.25) is 0 Å². The van der Waals surface area contributed by atoms with Gasteiger partial charge in [0.05, 0.1) is 29.2 Å². The molecule has 0 aliphatic carbocycles. The Hall–Kier alpha value is -3.59. The second-order valence-electron chi connectivity index (χ2n) is 7.17. The molecule has 28 heavy (non-hydrogen) atoms. The van der Waals surface area contributed by atoms with Gasteiger partial charge in [-0.3, -0.25) is 4.79 Å². The van der Waals surface area contributed by atoms with Crippen LogP contribution in [0.5, 0.6) is 0 Å². The fourth-order valence-corrected chi connectivity index (χ4v) is 4.09. The molecule has 5 rings (SSSR count). The molecule has 2 aromatic carbocycles. The number of hydrogen-bond donors (Lipinski definition) is 2. The Morgan fingerprint density at radius 1 is 1.25 bits per heavy atom. The third-order valence-electron chi connectivity index (χ3n) is 5.49. The molecular weight excluding hydrogens is 350 g/mol. The van der Waals surface area contributed by atoms with Crippen molar-refractivity contribution in [3.63, 3.8) is 0 Å². The Morgan fingerprint density at radius 2 is 2.14 bits per heavy atom. The van der Waals surface area contributed by atoms with E-state index in [9.17, 15) is 10.1 Å². The van der Waals surface area contributed by atoms with Crippen molar-refractivity contribution in [2.75, 3.05) is 18.4 Å². The van der Waals surface area contributed by atoms with Crippen LogP contribution in [0.15, 0.2) is 48.7 Å². The Morgan fingerprint density at radius 3 is 3.04 bits per heavy atom. The average Bonchev–Trinajstić information content (AvgIpc) is 3.40. The van der Waals surface area contributed by atoms with E-state index in [-0.39, 0.29) is 18.5 Å². The fraction of sp³-hybridized carbons (Fsp3) is 0.227. The number of nitrogens with one attached hydrogen (secondary N) is 2. The SMILES string of the molecule is N#CC1CCCN1C(=O)CNc1cc2nc3ccccc3cc2c2[nH]ccc12. The number of carbonyl (C=O) groups excluding carboxylic acids is 1. The van der Waals surface area contributed by atoms with E-state index in [1.165, 1.54) is 0 Å².